The highest BCUT2D eigenvalue weighted by Crippen LogP contribution is 2.35. The van der Waals surface area contributed by atoms with E-state index in [9.17, 15) is 14.4 Å². The van der Waals surface area contributed by atoms with Gasteiger partial charge in [0.25, 0.3) is 11.5 Å². The molecule has 0 saturated carbocycles. The lowest BCUT2D eigenvalue weighted by Gasteiger charge is -2.24. The molecule has 1 atom stereocenters. The quantitative estimate of drug-likeness (QED) is 0.481. The number of nitrogens with zero attached hydrogens (tertiary/aromatic N) is 3. The maximum absolute atomic E-state index is 14.0. The summed E-state index contributed by atoms with van der Waals surface area (Å²) in [4.78, 5) is 47.4. The molecular weight excluding hydrogens is 498 g/mol. The van der Waals surface area contributed by atoms with Crippen molar-refractivity contribution in [2.24, 2.45) is 4.99 Å². The zero-order valence-electron chi connectivity index (χ0n) is 20.1. The second-order valence-corrected chi connectivity index (χ2v) is 9.94. The van der Waals surface area contributed by atoms with Crippen molar-refractivity contribution in [1.29, 1.82) is 0 Å². The third-order valence-electron chi connectivity index (χ3n) is 6.28. The summed E-state index contributed by atoms with van der Waals surface area (Å²) in [6.07, 6.45) is 0.785. The molecule has 0 unspecified atom stereocenters. The first-order valence-electron chi connectivity index (χ1n) is 11.8. The number of esters is 1. The number of ether oxygens (including phenoxy) is 1. The van der Waals surface area contributed by atoms with Gasteiger partial charge in [0, 0.05) is 17.1 Å². The molecule has 0 N–H and O–H groups in total. The number of carbonyl (C=O) groups excluding carboxylic acids is 2. The average molecular weight is 522 g/mol. The standard InChI is InChI=1S/C27H24ClN3O4S/c1-4-14-30-19-9-7-6-8-18(19)21(24(30)32)23-25(33)31-22(16-10-12-17(28)13-11-16)20(26(34)35-5-2)15(3)29-27(31)36-23/h6-13,22H,4-5,14H2,1-3H3/t22-/m0/s1. The molecule has 3 aromatic rings. The van der Waals surface area contributed by atoms with Crippen LogP contribution in [0.25, 0.3) is 5.57 Å². The molecule has 36 heavy (non-hydrogen) atoms. The van der Waals surface area contributed by atoms with Gasteiger partial charge in [-0.15, -0.1) is 0 Å². The monoisotopic (exact) mass is 521 g/mol. The van der Waals surface area contributed by atoms with Crippen LogP contribution in [0.15, 0.2) is 69.6 Å². The molecule has 1 amide bonds. The number of para-hydroxylation sites is 1. The van der Waals surface area contributed by atoms with Crippen LogP contribution < -0.4 is 19.8 Å². The van der Waals surface area contributed by atoms with Crippen LogP contribution in [0.4, 0.5) is 5.69 Å². The van der Waals surface area contributed by atoms with Crippen LogP contribution in [0.1, 0.15) is 44.4 Å². The number of thiazole rings is 1. The van der Waals surface area contributed by atoms with E-state index in [1.165, 1.54) is 15.9 Å². The summed E-state index contributed by atoms with van der Waals surface area (Å²) >= 11 is 7.28. The molecule has 0 bridgehead atoms. The first kappa shape index (κ1) is 24.2. The van der Waals surface area contributed by atoms with Crippen LogP contribution in [0.2, 0.25) is 5.02 Å². The molecule has 5 rings (SSSR count). The Morgan fingerprint density at radius 1 is 1.11 bits per heavy atom. The van der Waals surface area contributed by atoms with Crippen LogP contribution in [0.3, 0.4) is 0 Å². The summed E-state index contributed by atoms with van der Waals surface area (Å²) in [6, 6.07) is 13.7. The molecule has 0 spiro atoms. The summed E-state index contributed by atoms with van der Waals surface area (Å²) in [6.45, 7) is 6.21. The molecule has 0 radical (unpaired) electrons. The van der Waals surface area contributed by atoms with Crippen molar-refractivity contribution in [3.05, 3.63) is 95.6 Å². The lowest BCUT2D eigenvalue weighted by Crippen LogP contribution is -2.41. The number of fused-ring (bicyclic) bond motifs is 2. The maximum atomic E-state index is 14.0. The van der Waals surface area contributed by atoms with E-state index >= 15 is 0 Å². The zero-order valence-corrected chi connectivity index (χ0v) is 21.7. The van der Waals surface area contributed by atoms with Crippen LogP contribution in [0.5, 0.6) is 0 Å². The van der Waals surface area contributed by atoms with Gasteiger partial charge in [-0.05, 0) is 44.0 Å². The van der Waals surface area contributed by atoms with E-state index in [-0.39, 0.29) is 23.6 Å². The molecule has 2 aliphatic heterocycles. The van der Waals surface area contributed by atoms with E-state index in [0.717, 1.165) is 17.7 Å². The molecule has 184 valence electrons. The van der Waals surface area contributed by atoms with Crippen molar-refractivity contribution in [1.82, 2.24) is 4.57 Å². The summed E-state index contributed by atoms with van der Waals surface area (Å²) in [5, 5.41) is 0.538. The number of aromatic nitrogens is 1. The Labute approximate surface area is 216 Å². The molecular formula is C27H24ClN3O4S. The van der Waals surface area contributed by atoms with Crippen molar-refractivity contribution < 1.29 is 14.3 Å². The highest BCUT2D eigenvalue weighted by Gasteiger charge is 2.37. The summed E-state index contributed by atoms with van der Waals surface area (Å²) in [5.41, 5.74) is 2.97. The first-order chi connectivity index (χ1) is 17.4. The Morgan fingerprint density at radius 3 is 2.53 bits per heavy atom. The Bertz CT molecular complexity index is 1600. The highest BCUT2D eigenvalue weighted by atomic mass is 35.5. The fraction of sp³-hybridized carbons (Fsp3) is 0.259. The van der Waals surface area contributed by atoms with Gasteiger partial charge in [0.05, 0.1) is 35.2 Å². The number of amides is 1. The third kappa shape index (κ3) is 3.81. The zero-order chi connectivity index (χ0) is 25.6. The summed E-state index contributed by atoms with van der Waals surface area (Å²) in [7, 11) is 0. The van der Waals surface area contributed by atoms with Crippen molar-refractivity contribution >= 4 is 46.1 Å². The van der Waals surface area contributed by atoms with Gasteiger partial charge in [0.2, 0.25) is 0 Å². The van der Waals surface area contributed by atoms with Crippen LogP contribution in [0, 0.1) is 0 Å². The van der Waals surface area contributed by atoms with Crippen molar-refractivity contribution in [3.8, 4) is 0 Å². The summed E-state index contributed by atoms with van der Waals surface area (Å²) < 4.78 is 7.13. The topological polar surface area (TPSA) is 81.0 Å². The Kier molecular flexibility index (Phi) is 6.40. The smallest absolute Gasteiger partial charge is 0.338 e. The van der Waals surface area contributed by atoms with E-state index in [4.69, 9.17) is 16.3 Å². The Morgan fingerprint density at radius 2 is 1.83 bits per heavy atom. The first-order valence-corrected chi connectivity index (χ1v) is 13.0. The SMILES string of the molecule is CCCN1C(=O)C(=c2sc3n(c2=O)[C@@H](c2ccc(Cl)cc2)C(C(=O)OCC)=C(C)N=3)c2ccccc21. The van der Waals surface area contributed by atoms with Gasteiger partial charge >= 0.3 is 5.97 Å². The van der Waals surface area contributed by atoms with E-state index < -0.39 is 12.0 Å². The second kappa shape index (κ2) is 9.52. The van der Waals surface area contributed by atoms with Crippen LogP contribution in [-0.4, -0.2) is 29.6 Å². The third-order valence-corrected chi connectivity index (χ3v) is 7.58. The van der Waals surface area contributed by atoms with Gasteiger partial charge in [0.1, 0.15) is 4.53 Å². The Hall–Kier alpha value is -3.49. The maximum Gasteiger partial charge on any atom is 0.338 e. The number of hydrogen-bond donors (Lipinski definition) is 0. The molecule has 0 saturated heterocycles. The largest absolute Gasteiger partial charge is 0.463 e. The fourth-order valence-corrected chi connectivity index (χ4v) is 6.01. The second-order valence-electron chi connectivity index (χ2n) is 8.52. The Balaban J connectivity index is 1.81. The number of halogens is 1. The lowest BCUT2D eigenvalue weighted by molar-refractivity contribution is -0.139. The number of benzene rings is 2. The van der Waals surface area contributed by atoms with E-state index in [1.54, 1.807) is 43.0 Å². The van der Waals surface area contributed by atoms with Gasteiger partial charge in [-0.3, -0.25) is 14.2 Å². The molecule has 2 aliphatic rings. The van der Waals surface area contributed by atoms with Gasteiger partial charge < -0.3 is 9.64 Å². The van der Waals surface area contributed by atoms with Gasteiger partial charge in [-0.2, -0.15) is 0 Å². The van der Waals surface area contributed by atoms with Crippen LogP contribution >= 0.6 is 22.9 Å². The highest BCUT2D eigenvalue weighted by molar-refractivity contribution is 7.07. The number of allylic oxidation sites excluding steroid dienone is 1. The van der Waals surface area contributed by atoms with Gasteiger partial charge in [-0.25, -0.2) is 9.79 Å². The molecule has 1 aromatic heterocycles. The molecule has 0 aliphatic carbocycles. The molecule has 2 aromatic carbocycles. The fourth-order valence-electron chi connectivity index (χ4n) is 4.75. The number of anilines is 1. The van der Waals surface area contributed by atoms with Gasteiger partial charge in [-0.1, -0.05) is 60.2 Å². The predicted octanol–water partition coefficient (Wildman–Crippen LogP) is 3.58. The normalized spacial score (nSPS) is 18.2. The minimum Gasteiger partial charge on any atom is -0.463 e. The average Bonchev–Trinajstić information content (AvgIpc) is 3.32. The van der Waals surface area contributed by atoms with Crippen molar-refractivity contribution in [2.75, 3.05) is 18.1 Å². The minimum atomic E-state index is -0.759. The van der Waals surface area contributed by atoms with Crippen molar-refractivity contribution in [2.45, 2.75) is 33.2 Å². The number of rotatable bonds is 5. The minimum absolute atomic E-state index is 0.191. The molecule has 0 fully saturated rings. The molecule has 3 heterocycles. The summed E-state index contributed by atoms with van der Waals surface area (Å²) in [5.74, 6) is -0.735. The lowest BCUT2D eigenvalue weighted by atomic mass is 9.96. The van der Waals surface area contributed by atoms with E-state index in [2.05, 4.69) is 4.99 Å². The molecule has 7 nitrogen and oxygen atoms in total. The van der Waals surface area contributed by atoms with E-state index in [1.807, 2.05) is 31.2 Å². The van der Waals surface area contributed by atoms with Crippen molar-refractivity contribution in [3.63, 3.8) is 0 Å². The number of hydrogen-bond acceptors (Lipinski definition) is 6. The number of carbonyl (C=O) groups is 2. The van der Waals surface area contributed by atoms with Gasteiger partial charge in [0.15, 0.2) is 4.80 Å². The molecule has 9 heteroatoms. The van der Waals surface area contributed by atoms with Crippen LogP contribution in [-0.2, 0) is 14.3 Å². The van der Waals surface area contributed by atoms with E-state index in [0.29, 0.717) is 37.7 Å². The predicted molar refractivity (Wildman–Crippen MR) is 140 cm³/mol.